The molecule has 1 aliphatic rings. The molecule has 0 aromatic heterocycles. The van der Waals surface area contributed by atoms with Crippen molar-refractivity contribution in [1.82, 2.24) is 5.32 Å². The highest BCUT2D eigenvalue weighted by Gasteiger charge is 2.37. The summed E-state index contributed by atoms with van der Waals surface area (Å²) >= 11 is 0. The Morgan fingerprint density at radius 2 is 1.41 bits per heavy atom. The summed E-state index contributed by atoms with van der Waals surface area (Å²) < 4.78 is 6.43. The maximum atomic E-state index is 13.8. The summed E-state index contributed by atoms with van der Waals surface area (Å²) in [7, 11) is 0. The van der Waals surface area contributed by atoms with Crippen molar-refractivity contribution >= 4 is 51.2 Å². The maximum absolute atomic E-state index is 13.8. The largest absolute Gasteiger partial charge is 0.488 e. The predicted molar refractivity (Wildman–Crippen MR) is 162 cm³/mol. The Hall–Kier alpha value is -5.23. The molecular weight excluding hydrogens is 512 g/mol. The lowest BCUT2D eigenvalue weighted by atomic mass is 9.98. The van der Waals surface area contributed by atoms with Crippen LogP contribution in [0.2, 0.25) is 0 Å². The molecule has 1 N–H and O–H groups in total. The number of barbiturate groups is 1. The highest BCUT2D eigenvalue weighted by molar-refractivity contribution is 6.39. The quantitative estimate of drug-likeness (QED) is 0.190. The van der Waals surface area contributed by atoms with Crippen molar-refractivity contribution in [3.63, 3.8) is 0 Å². The number of carbonyl (C=O) groups excluding carboxylic acids is 3. The van der Waals surface area contributed by atoms with Gasteiger partial charge in [-0.2, -0.15) is 0 Å². The Labute approximate surface area is 237 Å². The van der Waals surface area contributed by atoms with Crippen molar-refractivity contribution in [3.8, 4) is 5.75 Å². The average molecular weight is 541 g/mol. The highest BCUT2D eigenvalue weighted by atomic mass is 16.5. The molecule has 4 amide bonds. The van der Waals surface area contributed by atoms with E-state index in [2.05, 4.69) is 36.5 Å². The van der Waals surface area contributed by atoms with Gasteiger partial charge in [-0.25, -0.2) is 9.69 Å². The Balaban J connectivity index is 1.45. The number of rotatable bonds is 5. The monoisotopic (exact) mass is 540 g/mol. The second kappa shape index (κ2) is 10.4. The number of benzene rings is 5. The fourth-order valence-corrected chi connectivity index (χ4v) is 5.34. The fraction of sp³-hybridized carbons (Fsp3) is 0.114. The molecule has 0 spiro atoms. The van der Waals surface area contributed by atoms with E-state index in [1.54, 1.807) is 12.1 Å². The normalized spacial score (nSPS) is 14.7. The molecule has 0 bridgehead atoms. The minimum absolute atomic E-state index is 0.145. The zero-order chi connectivity index (χ0) is 28.7. The van der Waals surface area contributed by atoms with Crippen LogP contribution < -0.4 is 15.0 Å². The second-order valence-corrected chi connectivity index (χ2v) is 10.2. The van der Waals surface area contributed by atoms with E-state index >= 15 is 0 Å². The van der Waals surface area contributed by atoms with Gasteiger partial charge in [-0.05, 0) is 77.2 Å². The molecule has 5 aromatic rings. The number of ether oxygens (including phenoxy) is 1. The van der Waals surface area contributed by atoms with Gasteiger partial charge in [-0.3, -0.25) is 14.9 Å². The Bertz CT molecular complexity index is 1920. The van der Waals surface area contributed by atoms with E-state index in [1.807, 2.05) is 68.4 Å². The molecule has 41 heavy (non-hydrogen) atoms. The van der Waals surface area contributed by atoms with Gasteiger partial charge in [0.05, 0.1) is 5.69 Å². The number of aryl methyl sites for hydroxylation is 2. The van der Waals surface area contributed by atoms with Gasteiger partial charge in [-0.15, -0.1) is 0 Å². The maximum Gasteiger partial charge on any atom is 0.335 e. The average Bonchev–Trinajstić information content (AvgIpc) is 2.97. The topological polar surface area (TPSA) is 75.7 Å². The molecule has 5 aromatic carbocycles. The number of nitrogens with one attached hydrogen (secondary N) is 1. The second-order valence-electron chi connectivity index (χ2n) is 10.2. The van der Waals surface area contributed by atoms with Gasteiger partial charge in [0.15, 0.2) is 0 Å². The van der Waals surface area contributed by atoms with Crippen LogP contribution in [0.1, 0.15) is 27.8 Å². The van der Waals surface area contributed by atoms with E-state index in [-0.39, 0.29) is 5.57 Å². The summed E-state index contributed by atoms with van der Waals surface area (Å²) in [6.45, 7) is 6.11. The van der Waals surface area contributed by atoms with Gasteiger partial charge in [0, 0.05) is 11.1 Å². The smallest absolute Gasteiger partial charge is 0.335 e. The molecule has 6 rings (SSSR count). The molecule has 1 heterocycles. The van der Waals surface area contributed by atoms with Crippen molar-refractivity contribution in [2.75, 3.05) is 4.90 Å². The van der Waals surface area contributed by atoms with Gasteiger partial charge >= 0.3 is 6.03 Å². The summed E-state index contributed by atoms with van der Waals surface area (Å²) in [6.07, 6.45) is 1.54. The number of hydrogen-bond donors (Lipinski definition) is 1. The van der Waals surface area contributed by atoms with Crippen LogP contribution in [0.3, 0.4) is 0 Å². The van der Waals surface area contributed by atoms with Crippen LogP contribution in [0.4, 0.5) is 10.5 Å². The molecular formula is C35H28N2O4. The number of fused-ring (bicyclic) bond motifs is 2. The first kappa shape index (κ1) is 26.0. The van der Waals surface area contributed by atoms with Crippen molar-refractivity contribution in [1.29, 1.82) is 0 Å². The van der Waals surface area contributed by atoms with Crippen LogP contribution in [-0.4, -0.2) is 17.8 Å². The molecule has 1 aliphatic heterocycles. The van der Waals surface area contributed by atoms with E-state index in [0.717, 1.165) is 48.7 Å². The number of urea groups is 1. The van der Waals surface area contributed by atoms with Crippen LogP contribution in [0.25, 0.3) is 27.6 Å². The first-order chi connectivity index (χ1) is 19.8. The number of anilines is 1. The van der Waals surface area contributed by atoms with Crippen molar-refractivity contribution in [3.05, 3.63) is 124 Å². The highest BCUT2D eigenvalue weighted by Crippen LogP contribution is 2.34. The Morgan fingerprint density at radius 3 is 2.20 bits per heavy atom. The lowest BCUT2D eigenvalue weighted by Crippen LogP contribution is -2.54. The minimum atomic E-state index is -0.772. The molecule has 6 heteroatoms. The SMILES string of the molecule is Cc1cccc(N2C(=O)NC(=O)/C(=C\c3c(OCc4c(C)ccc5ccccc45)ccc4ccccc34)C2=O)c1C. The Morgan fingerprint density at radius 1 is 0.732 bits per heavy atom. The van der Waals surface area contributed by atoms with Crippen LogP contribution in [0.15, 0.2) is 96.6 Å². The molecule has 202 valence electrons. The van der Waals surface area contributed by atoms with E-state index in [4.69, 9.17) is 4.74 Å². The zero-order valence-electron chi connectivity index (χ0n) is 23.0. The lowest BCUT2D eigenvalue weighted by molar-refractivity contribution is -0.122. The molecule has 0 saturated carbocycles. The zero-order valence-corrected chi connectivity index (χ0v) is 23.0. The standard InChI is InChI=1S/C35H28N2O4/c1-21-9-8-14-31(23(21)3)37-34(39)29(33(38)36-35(37)40)19-28-26-12-6-4-11-25(26)17-18-32(28)41-20-30-22(2)15-16-24-10-5-7-13-27(24)30/h4-19H,20H2,1-3H3,(H,36,38,40)/b29-19+. The number of hydrogen-bond acceptors (Lipinski definition) is 4. The number of amides is 4. The molecule has 0 atom stereocenters. The van der Waals surface area contributed by atoms with E-state index in [0.29, 0.717) is 23.6 Å². The van der Waals surface area contributed by atoms with Gasteiger partial charge in [-0.1, -0.05) is 78.9 Å². The molecule has 1 fully saturated rings. The summed E-state index contributed by atoms with van der Waals surface area (Å²) in [6, 6.07) is 28.5. The van der Waals surface area contributed by atoms with Crippen molar-refractivity contribution in [2.45, 2.75) is 27.4 Å². The number of carbonyl (C=O) groups is 3. The van der Waals surface area contributed by atoms with Crippen LogP contribution in [-0.2, 0) is 16.2 Å². The van der Waals surface area contributed by atoms with E-state index in [1.165, 1.54) is 6.08 Å². The third-order valence-electron chi connectivity index (χ3n) is 7.78. The lowest BCUT2D eigenvalue weighted by Gasteiger charge is -2.28. The van der Waals surface area contributed by atoms with Gasteiger partial charge in [0.25, 0.3) is 11.8 Å². The number of imide groups is 2. The molecule has 0 aliphatic carbocycles. The van der Waals surface area contributed by atoms with Gasteiger partial charge in [0.2, 0.25) is 0 Å². The van der Waals surface area contributed by atoms with E-state index < -0.39 is 17.8 Å². The summed E-state index contributed by atoms with van der Waals surface area (Å²) in [5.41, 5.74) is 4.76. The predicted octanol–water partition coefficient (Wildman–Crippen LogP) is 7.16. The Kier molecular flexibility index (Phi) is 6.59. The van der Waals surface area contributed by atoms with Gasteiger partial charge < -0.3 is 4.74 Å². The van der Waals surface area contributed by atoms with Crippen molar-refractivity contribution in [2.24, 2.45) is 0 Å². The van der Waals surface area contributed by atoms with Crippen LogP contribution >= 0.6 is 0 Å². The molecule has 0 unspecified atom stereocenters. The molecule has 1 saturated heterocycles. The van der Waals surface area contributed by atoms with Gasteiger partial charge in [0.1, 0.15) is 17.9 Å². The van der Waals surface area contributed by atoms with Crippen LogP contribution in [0.5, 0.6) is 5.75 Å². The third kappa shape index (κ3) is 4.63. The summed E-state index contributed by atoms with van der Waals surface area (Å²) in [5, 5.41) is 6.33. The summed E-state index contributed by atoms with van der Waals surface area (Å²) in [4.78, 5) is 40.7. The fourth-order valence-electron chi connectivity index (χ4n) is 5.34. The molecule has 0 radical (unpaired) electrons. The number of nitrogens with zero attached hydrogens (tertiary/aromatic N) is 1. The third-order valence-corrected chi connectivity index (χ3v) is 7.78. The summed E-state index contributed by atoms with van der Waals surface area (Å²) in [5.74, 6) is -0.902. The van der Waals surface area contributed by atoms with E-state index in [9.17, 15) is 14.4 Å². The first-order valence-electron chi connectivity index (χ1n) is 13.4. The van der Waals surface area contributed by atoms with Crippen molar-refractivity contribution < 1.29 is 19.1 Å². The molecule has 6 nitrogen and oxygen atoms in total. The minimum Gasteiger partial charge on any atom is -0.488 e. The first-order valence-corrected chi connectivity index (χ1v) is 13.4. The van der Waals surface area contributed by atoms with Crippen LogP contribution in [0, 0.1) is 20.8 Å².